The first-order valence-electron chi connectivity index (χ1n) is 5.03. The summed E-state index contributed by atoms with van der Waals surface area (Å²) in [6.45, 7) is 7.62. The van der Waals surface area contributed by atoms with Crippen molar-refractivity contribution in [3.63, 3.8) is 0 Å². The van der Waals surface area contributed by atoms with Crippen LogP contribution >= 0.6 is 0 Å². The number of epoxide rings is 1. The van der Waals surface area contributed by atoms with Crippen LogP contribution in [0, 0.1) is 28.1 Å². The summed E-state index contributed by atoms with van der Waals surface area (Å²) in [6.07, 6.45) is 2.60. The van der Waals surface area contributed by atoms with Crippen molar-refractivity contribution in [3.05, 3.63) is 0 Å². The predicted molar refractivity (Wildman–Crippen MR) is 50.0 cm³/mol. The van der Waals surface area contributed by atoms with E-state index in [0.29, 0.717) is 6.10 Å². The van der Waals surface area contributed by atoms with Crippen LogP contribution in [-0.2, 0) is 4.74 Å². The molecule has 0 N–H and O–H groups in total. The van der Waals surface area contributed by atoms with Gasteiger partial charge >= 0.3 is 0 Å². The summed E-state index contributed by atoms with van der Waals surface area (Å²) in [5.41, 5.74) is 0.344. The van der Waals surface area contributed by atoms with Crippen LogP contribution in [0.5, 0.6) is 0 Å². The van der Waals surface area contributed by atoms with Gasteiger partial charge in [0.2, 0.25) is 0 Å². The molecule has 2 fully saturated rings. The second-order valence-corrected chi connectivity index (χ2v) is 5.18. The molecule has 2 heteroatoms. The zero-order chi connectivity index (χ0) is 9.69. The zero-order valence-electron chi connectivity index (χ0n) is 8.63. The van der Waals surface area contributed by atoms with E-state index in [9.17, 15) is 0 Å². The van der Waals surface area contributed by atoms with Gasteiger partial charge in [-0.15, -0.1) is 0 Å². The van der Waals surface area contributed by atoms with Crippen molar-refractivity contribution in [2.24, 2.45) is 16.7 Å². The lowest BCUT2D eigenvalue weighted by molar-refractivity contribution is 0.0716. The Morgan fingerprint density at radius 3 is 2.38 bits per heavy atom. The van der Waals surface area contributed by atoms with E-state index in [0.717, 1.165) is 19.4 Å². The maximum absolute atomic E-state index is 9.05. The van der Waals surface area contributed by atoms with Gasteiger partial charge in [-0.2, -0.15) is 5.26 Å². The topological polar surface area (TPSA) is 36.3 Å². The van der Waals surface area contributed by atoms with Crippen molar-refractivity contribution in [1.29, 1.82) is 5.26 Å². The third kappa shape index (κ3) is 1.03. The van der Waals surface area contributed by atoms with E-state index in [1.54, 1.807) is 0 Å². The SMILES string of the molecule is CC1(C)C(C#N)CC[C@@]1(C)C1CO1. The minimum atomic E-state index is 0.114. The first kappa shape index (κ1) is 9.02. The van der Waals surface area contributed by atoms with E-state index in [1.807, 2.05) is 0 Å². The fraction of sp³-hybridized carbons (Fsp3) is 0.909. The Morgan fingerprint density at radius 1 is 1.38 bits per heavy atom. The van der Waals surface area contributed by atoms with Gasteiger partial charge < -0.3 is 4.74 Å². The number of rotatable bonds is 1. The molecule has 2 aliphatic rings. The Kier molecular flexibility index (Phi) is 1.72. The molecule has 0 amide bonds. The smallest absolute Gasteiger partial charge is 0.0868 e. The second-order valence-electron chi connectivity index (χ2n) is 5.18. The van der Waals surface area contributed by atoms with Crippen molar-refractivity contribution >= 4 is 0 Å². The van der Waals surface area contributed by atoms with Crippen molar-refractivity contribution in [1.82, 2.24) is 0 Å². The quantitative estimate of drug-likeness (QED) is 0.579. The summed E-state index contributed by atoms with van der Waals surface area (Å²) in [6, 6.07) is 2.44. The van der Waals surface area contributed by atoms with Gasteiger partial charge in [-0.3, -0.25) is 0 Å². The molecule has 3 atom stereocenters. The minimum absolute atomic E-state index is 0.114. The van der Waals surface area contributed by atoms with Gasteiger partial charge in [-0.1, -0.05) is 20.8 Å². The Bertz CT molecular complexity index is 262. The fourth-order valence-electron chi connectivity index (χ4n) is 2.74. The van der Waals surface area contributed by atoms with Crippen LogP contribution in [0.15, 0.2) is 0 Å². The third-order valence-electron chi connectivity index (χ3n) is 4.50. The molecule has 1 aliphatic carbocycles. The molecule has 0 spiro atoms. The zero-order valence-corrected chi connectivity index (χ0v) is 8.63. The van der Waals surface area contributed by atoms with Gasteiger partial charge in [0.15, 0.2) is 0 Å². The molecule has 0 aromatic heterocycles. The molecule has 0 radical (unpaired) electrons. The molecule has 1 saturated carbocycles. The maximum atomic E-state index is 9.05. The molecule has 0 bridgehead atoms. The molecule has 72 valence electrons. The van der Waals surface area contributed by atoms with Crippen LogP contribution in [0.2, 0.25) is 0 Å². The van der Waals surface area contributed by atoms with E-state index in [4.69, 9.17) is 10.00 Å². The molecule has 2 rings (SSSR count). The summed E-state index contributed by atoms with van der Waals surface area (Å²) < 4.78 is 5.41. The second kappa shape index (κ2) is 2.48. The number of nitriles is 1. The first-order valence-corrected chi connectivity index (χ1v) is 5.03. The van der Waals surface area contributed by atoms with E-state index in [2.05, 4.69) is 26.8 Å². The highest BCUT2D eigenvalue weighted by Gasteiger charge is 2.59. The molecule has 1 heterocycles. The third-order valence-corrected chi connectivity index (χ3v) is 4.50. The van der Waals surface area contributed by atoms with E-state index in [1.165, 1.54) is 0 Å². The molecule has 2 nitrogen and oxygen atoms in total. The van der Waals surface area contributed by atoms with Gasteiger partial charge in [0, 0.05) is 5.41 Å². The van der Waals surface area contributed by atoms with Crippen molar-refractivity contribution < 1.29 is 4.74 Å². The standard InChI is InChI=1S/C11H17NO/c1-10(2)8(6-12)4-5-11(10,3)9-7-13-9/h8-9H,4-5,7H2,1-3H3/t8?,9?,11-/m0/s1. The Hall–Kier alpha value is -0.550. The van der Waals surface area contributed by atoms with Crippen LogP contribution < -0.4 is 0 Å². The fourth-order valence-corrected chi connectivity index (χ4v) is 2.74. The molecular weight excluding hydrogens is 162 g/mol. The Balaban J connectivity index is 2.28. The highest BCUT2D eigenvalue weighted by atomic mass is 16.6. The van der Waals surface area contributed by atoms with Gasteiger partial charge in [0.25, 0.3) is 0 Å². The van der Waals surface area contributed by atoms with Gasteiger partial charge in [-0.25, -0.2) is 0 Å². The monoisotopic (exact) mass is 179 g/mol. The molecule has 0 aromatic rings. The van der Waals surface area contributed by atoms with Crippen LogP contribution in [-0.4, -0.2) is 12.7 Å². The van der Waals surface area contributed by atoms with Crippen LogP contribution in [0.25, 0.3) is 0 Å². The van der Waals surface area contributed by atoms with Crippen molar-refractivity contribution in [2.45, 2.75) is 39.7 Å². The van der Waals surface area contributed by atoms with Crippen LogP contribution in [0.4, 0.5) is 0 Å². The largest absolute Gasteiger partial charge is 0.373 e. The van der Waals surface area contributed by atoms with E-state index >= 15 is 0 Å². The highest BCUT2D eigenvalue weighted by Crippen LogP contribution is 2.60. The van der Waals surface area contributed by atoms with Crippen molar-refractivity contribution in [3.8, 4) is 6.07 Å². The maximum Gasteiger partial charge on any atom is 0.0868 e. The predicted octanol–water partition coefficient (Wildman–Crippen LogP) is 2.35. The lowest BCUT2D eigenvalue weighted by Crippen LogP contribution is -2.38. The molecular formula is C11H17NO. The van der Waals surface area contributed by atoms with Gasteiger partial charge in [-0.05, 0) is 18.3 Å². The summed E-state index contributed by atoms with van der Waals surface area (Å²) >= 11 is 0. The summed E-state index contributed by atoms with van der Waals surface area (Å²) in [5.74, 6) is 0.210. The number of nitrogens with zero attached hydrogens (tertiary/aromatic N) is 1. The highest BCUT2D eigenvalue weighted by molar-refractivity contribution is 5.12. The number of ether oxygens (including phenoxy) is 1. The van der Waals surface area contributed by atoms with Crippen molar-refractivity contribution in [2.75, 3.05) is 6.61 Å². The number of hydrogen-bond donors (Lipinski definition) is 0. The lowest BCUT2D eigenvalue weighted by atomic mass is 9.64. The van der Waals surface area contributed by atoms with Crippen LogP contribution in [0.3, 0.4) is 0 Å². The summed E-state index contributed by atoms with van der Waals surface area (Å²) in [5, 5.41) is 9.05. The van der Waals surface area contributed by atoms with Crippen LogP contribution in [0.1, 0.15) is 33.6 Å². The average molecular weight is 179 g/mol. The molecule has 1 saturated heterocycles. The molecule has 2 unspecified atom stereocenters. The normalized spacial score (nSPS) is 47.2. The number of hydrogen-bond acceptors (Lipinski definition) is 2. The Labute approximate surface area is 79.9 Å². The Morgan fingerprint density at radius 2 is 2.00 bits per heavy atom. The summed E-state index contributed by atoms with van der Waals surface area (Å²) in [7, 11) is 0. The van der Waals surface area contributed by atoms with Gasteiger partial charge in [0.1, 0.15) is 0 Å². The minimum Gasteiger partial charge on any atom is -0.373 e. The molecule has 1 aliphatic heterocycles. The summed E-state index contributed by atoms with van der Waals surface area (Å²) in [4.78, 5) is 0. The lowest BCUT2D eigenvalue weighted by Gasteiger charge is -2.38. The van der Waals surface area contributed by atoms with E-state index < -0.39 is 0 Å². The molecule has 0 aromatic carbocycles. The van der Waals surface area contributed by atoms with E-state index in [-0.39, 0.29) is 16.7 Å². The average Bonchev–Trinajstić information content (AvgIpc) is 2.83. The van der Waals surface area contributed by atoms with Gasteiger partial charge in [0.05, 0.1) is 24.7 Å². The molecule has 13 heavy (non-hydrogen) atoms. The first-order chi connectivity index (χ1) is 6.02.